The number of nitrogens with zero attached hydrogens (tertiary/aromatic N) is 2. The van der Waals surface area contributed by atoms with Crippen molar-refractivity contribution in [3.05, 3.63) is 28.2 Å². The molecule has 5 nitrogen and oxygen atoms in total. The lowest BCUT2D eigenvalue weighted by Crippen LogP contribution is -2.45. The summed E-state index contributed by atoms with van der Waals surface area (Å²) in [5, 5.41) is 0.485. The van der Waals surface area contributed by atoms with E-state index in [0.717, 1.165) is 12.8 Å². The van der Waals surface area contributed by atoms with Crippen molar-refractivity contribution in [1.29, 1.82) is 0 Å². The van der Waals surface area contributed by atoms with Gasteiger partial charge in [-0.3, -0.25) is 4.79 Å². The molecule has 0 aliphatic carbocycles. The molecule has 0 spiro atoms. The summed E-state index contributed by atoms with van der Waals surface area (Å²) in [6.45, 7) is 0.515. The number of piperidine rings is 1. The van der Waals surface area contributed by atoms with Gasteiger partial charge in [-0.15, -0.1) is 0 Å². The summed E-state index contributed by atoms with van der Waals surface area (Å²) < 4.78 is 27.1. The smallest absolute Gasteiger partial charge is 0.244 e. The molecule has 3 fully saturated rings. The number of fused-ring (bicyclic) bond motifs is 4. The predicted octanol–water partition coefficient (Wildman–Crippen LogP) is 2.23. The molecule has 3 aliphatic rings. The number of hydrogen-bond acceptors (Lipinski definition) is 3. The van der Waals surface area contributed by atoms with Crippen LogP contribution >= 0.6 is 23.2 Å². The standard InChI is InChI=1S/C14H16Cl2N2O3S/c1-17-11-4-2-9(14(17)19)7-18(8-11)22(20,21)13-5-3-10(15)6-12(13)16/h3,5-6,9,11H,2,4,7-8H2,1H3. The van der Waals surface area contributed by atoms with E-state index in [4.69, 9.17) is 23.2 Å². The molecule has 120 valence electrons. The minimum Gasteiger partial charge on any atom is -0.341 e. The molecule has 1 amide bonds. The van der Waals surface area contributed by atoms with Crippen LogP contribution in [-0.2, 0) is 14.8 Å². The second-order valence-electron chi connectivity index (χ2n) is 5.77. The van der Waals surface area contributed by atoms with Crippen LogP contribution in [0.3, 0.4) is 0 Å². The van der Waals surface area contributed by atoms with Gasteiger partial charge in [-0.05, 0) is 31.0 Å². The summed E-state index contributed by atoms with van der Waals surface area (Å²) in [5.41, 5.74) is 0. The monoisotopic (exact) mass is 362 g/mol. The van der Waals surface area contributed by atoms with Crippen LogP contribution in [0, 0.1) is 5.92 Å². The minimum atomic E-state index is -3.74. The Hall–Kier alpha value is -0.820. The maximum absolute atomic E-state index is 12.9. The number of halogens is 2. The summed E-state index contributed by atoms with van der Waals surface area (Å²) >= 11 is 11.9. The quantitative estimate of drug-likeness (QED) is 0.810. The van der Waals surface area contributed by atoms with E-state index in [1.165, 1.54) is 22.5 Å². The van der Waals surface area contributed by atoms with Crippen molar-refractivity contribution in [3.8, 4) is 0 Å². The van der Waals surface area contributed by atoms with Crippen molar-refractivity contribution in [2.75, 3.05) is 20.1 Å². The largest absolute Gasteiger partial charge is 0.341 e. The molecule has 4 rings (SSSR count). The molecule has 0 aromatic heterocycles. The molecule has 0 radical (unpaired) electrons. The van der Waals surface area contributed by atoms with Gasteiger partial charge in [-0.2, -0.15) is 4.31 Å². The van der Waals surface area contributed by atoms with Crippen molar-refractivity contribution in [1.82, 2.24) is 9.21 Å². The number of sulfonamides is 1. The van der Waals surface area contributed by atoms with E-state index >= 15 is 0 Å². The van der Waals surface area contributed by atoms with Crippen LogP contribution in [0.2, 0.25) is 10.0 Å². The van der Waals surface area contributed by atoms with E-state index < -0.39 is 10.0 Å². The molecule has 2 bridgehead atoms. The summed E-state index contributed by atoms with van der Waals surface area (Å²) in [6.07, 6.45) is 1.56. The van der Waals surface area contributed by atoms with E-state index in [2.05, 4.69) is 0 Å². The summed E-state index contributed by atoms with van der Waals surface area (Å²) in [4.78, 5) is 13.9. The highest BCUT2D eigenvalue weighted by molar-refractivity contribution is 7.89. The SMILES string of the molecule is CN1C(=O)C2CCC1CN(S(=O)(=O)c1ccc(Cl)cc1Cl)C2. The Labute approximate surface area is 139 Å². The van der Waals surface area contributed by atoms with Gasteiger partial charge in [0, 0.05) is 31.2 Å². The van der Waals surface area contributed by atoms with Crippen molar-refractivity contribution in [3.63, 3.8) is 0 Å². The van der Waals surface area contributed by atoms with Crippen molar-refractivity contribution in [2.24, 2.45) is 5.92 Å². The lowest BCUT2D eigenvalue weighted by Gasteiger charge is -2.32. The van der Waals surface area contributed by atoms with Crippen molar-refractivity contribution >= 4 is 39.1 Å². The molecule has 22 heavy (non-hydrogen) atoms. The first-order chi connectivity index (χ1) is 10.3. The Morgan fingerprint density at radius 3 is 2.59 bits per heavy atom. The Balaban J connectivity index is 1.98. The number of carbonyl (C=O) groups excluding carboxylic acids is 1. The van der Waals surface area contributed by atoms with Crippen molar-refractivity contribution in [2.45, 2.75) is 23.8 Å². The molecule has 0 saturated carbocycles. The third-order valence-electron chi connectivity index (χ3n) is 4.44. The maximum Gasteiger partial charge on any atom is 0.244 e. The van der Waals surface area contributed by atoms with E-state index in [0.29, 0.717) is 11.6 Å². The molecule has 3 saturated heterocycles. The highest BCUT2D eigenvalue weighted by Crippen LogP contribution is 2.33. The molecular weight excluding hydrogens is 347 g/mol. The number of likely N-dealkylation sites (N-methyl/N-ethyl adjacent to an activating group) is 1. The zero-order valence-electron chi connectivity index (χ0n) is 12.0. The molecule has 0 N–H and O–H groups in total. The van der Waals surface area contributed by atoms with Crippen LogP contribution < -0.4 is 0 Å². The van der Waals surface area contributed by atoms with E-state index in [-0.39, 0.29) is 34.3 Å². The number of carbonyl (C=O) groups is 1. The van der Waals surface area contributed by atoms with Gasteiger partial charge in [0.05, 0.1) is 10.9 Å². The first kappa shape index (κ1) is 16.1. The summed E-state index contributed by atoms with van der Waals surface area (Å²) in [7, 11) is -2.00. The van der Waals surface area contributed by atoms with Crippen LogP contribution in [0.15, 0.2) is 23.1 Å². The third-order valence-corrected chi connectivity index (χ3v) is 6.99. The molecule has 1 aromatic carbocycles. The average molecular weight is 363 g/mol. The fraction of sp³-hybridized carbons (Fsp3) is 0.500. The zero-order chi connectivity index (χ0) is 16.1. The molecule has 8 heteroatoms. The van der Waals surface area contributed by atoms with Gasteiger partial charge in [0.1, 0.15) is 4.90 Å². The fourth-order valence-corrected chi connectivity index (χ4v) is 5.41. The van der Waals surface area contributed by atoms with E-state index in [1.54, 1.807) is 11.9 Å². The Bertz CT molecular complexity index is 723. The summed E-state index contributed by atoms with van der Waals surface area (Å²) in [6, 6.07) is 4.26. The number of amides is 1. The lowest BCUT2D eigenvalue weighted by atomic mass is 9.95. The van der Waals surface area contributed by atoms with Crippen LogP contribution in [0.1, 0.15) is 12.8 Å². The second-order valence-corrected chi connectivity index (χ2v) is 8.52. The number of benzene rings is 1. The van der Waals surface area contributed by atoms with Gasteiger partial charge in [0.25, 0.3) is 0 Å². The highest BCUT2D eigenvalue weighted by atomic mass is 35.5. The second kappa shape index (κ2) is 5.67. The van der Waals surface area contributed by atoms with Gasteiger partial charge in [0.15, 0.2) is 0 Å². The average Bonchev–Trinajstić information content (AvgIpc) is 2.73. The van der Waals surface area contributed by atoms with E-state index in [1.807, 2.05) is 0 Å². The normalized spacial score (nSPS) is 26.3. The zero-order valence-corrected chi connectivity index (χ0v) is 14.3. The Kier molecular flexibility index (Phi) is 4.14. The Morgan fingerprint density at radius 1 is 1.18 bits per heavy atom. The first-order valence-corrected chi connectivity index (χ1v) is 9.22. The lowest BCUT2D eigenvalue weighted by molar-refractivity contribution is -0.138. The van der Waals surface area contributed by atoms with Gasteiger partial charge in [-0.25, -0.2) is 8.42 Å². The number of hydrogen-bond donors (Lipinski definition) is 0. The topological polar surface area (TPSA) is 57.7 Å². The van der Waals surface area contributed by atoms with Crippen LogP contribution in [0.5, 0.6) is 0 Å². The summed E-state index contributed by atoms with van der Waals surface area (Å²) in [5.74, 6) is -0.249. The van der Waals surface area contributed by atoms with Gasteiger partial charge < -0.3 is 4.90 Å². The van der Waals surface area contributed by atoms with Crippen molar-refractivity contribution < 1.29 is 13.2 Å². The van der Waals surface area contributed by atoms with Gasteiger partial charge in [-0.1, -0.05) is 23.2 Å². The van der Waals surface area contributed by atoms with Gasteiger partial charge >= 0.3 is 0 Å². The molecular formula is C14H16Cl2N2O3S. The highest BCUT2D eigenvalue weighted by Gasteiger charge is 2.43. The minimum absolute atomic E-state index is 0.0242. The van der Waals surface area contributed by atoms with E-state index in [9.17, 15) is 13.2 Å². The fourth-order valence-electron chi connectivity index (χ4n) is 3.14. The van der Waals surface area contributed by atoms with Crippen LogP contribution in [0.4, 0.5) is 0 Å². The van der Waals surface area contributed by atoms with Crippen LogP contribution in [0.25, 0.3) is 0 Å². The molecule has 2 unspecified atom stereocenters. The van der Waals surface area contributed by atoms with Crippen LogP contribution in [-0.4, -0.2) is 49.7 Å². The molecule has 3 heterocycles. The Morgan fingerprint density at radius 2 is 1.91 bits per heavy atom. The number of rotatable bonds is 2. The third kappa shape index (κ3) is 2.62. The first-order valence-electron chi connectivity index (χ1n) is 7.02. The van der Waals surface area contributed by atoms with Gasteiger partial charge in [0.2, 0.25) is 15.9 Å². The molecule has 2 atom stereocenters. The predicted molar refractivity (Wildman–Crippen MR) is 84.5 cm³/mol. The molecule has 1 aromatic rings. The molecule has 3 aliphatic heterocycles. The maximum atomic E-state index is 12.9.